The minimum Gasteiger partial charge on any atom is -0.450 e. The van der Waals surface area contributed by atoms with Crippen LogP contribution in [-0.2, 0) is 0 Å². The molecule has 0 bridgehead atoms. The average Bonchev–Trinajstić information content (AvgIpc) is 1.54. The van der Waals surface area contributed by atoms with E-state index in [0.29, 0.717) is 0 Å². The summed E-state index contributed by atoms with van der Waals surface area (Å²) in [4.78, 5) is 25.7. The monoisotopic (exact) mass is 488 g/mol. The van der Waals surface area contributed by atoms with Gasteiger partial charge in [-0.3, -0.25) is 0 Å². The molecule has 0 rings (SSSR count). The molecule has 0 saturated carbocycles. The molecule has 0 heterocycles. The number of hydrogen-bond acceptors (Lipinski definition) is 3. The molecule has 8 N–H and O–H groups in total. The smallest absolute Gasteiger partial charge is 0.450 e. The Morgan fingerprint density at radius 2 is 0.533 bits per heavy atom. The fourth-order valence-corrected chi connectivity index (χ4v) is 0. The van der Waals surface area contributed by atoms with Gasteiger partial charge in [-0.25, -0.2) is 14.4 Å². The van der Waals surface area contributed by atoms with Crippen molar-refractivity contribution in [1.82, 2.24) is 0 Å². The maximum absolute atomic E-state index is 8.56. The molecule has 0 fully saturated rings. The number of rotatable bonds is 0. The van der Waals surface area contributed by atoms with E-state index in [1.165, 1.54) is 0 Å². The van der Waals surface area contributed by atoms with Crippen LogP contribution >= 0.6 is 0 Å². The van der Waals surface area contributed by atoms with E-state index < -0.39 is 18.5 Å². The topological polar surface area (TPSA) is 204 Å². The maximum Gasteiger partial charge on any atom is 0.503 e. The van der Waals surface area contributed by atoms with Crippen molar-refractivity contribution < 1.29 is 132 Å². The van der Waals surface area contributed by atoms with Crippen molar-refractivity contribution in [3.8, 4) is 0 Å². The number of carbonyl (C=O) groups is 3. The van der Waals surface area contributed by atoms with Crippen molar-refractivity contribution >= 4 is 18.5 Å². The molecule has 10 nitrogen and oxygen atoms in total. The zero-order valence-corrected chi connectivity index (χ0v) is 13.3. The third-order valence-electron chi connectivity index (χ3n) is 0. The van der Waals surface area contributed by atoms with E-state index in [0.717, 1.165) is 0 Å². The van der Waals surface area contributed by atoms with Crippen LogP contribution < -0.4 is 0 Å². The minimum atomic E-state index is -1.83. The van der Waals surface area contributed by atoms with Crippen LogP contribution in [0.2, 0.25) is 0 Å². The number of carboxylic acid groups (broad SMARTS) is 6. The summed E-state index contributed by atoms with van der Waals surface area (Å²) >= 11 is 0. The Morgan fingerprint density at radius 1 is 0.533 bits per heavy atom. The Morgan fingerprint density at radius 3 is 0.533 bits per heavy atom. The van der Waals surface area contributed by atoms with Gasteiger partial charge in [0.1, 0.15) is 0 Å². The van der Waals surface area contributed by atoms with Gasteiger partial charge < -0.3 is 36.1 Å². The van der Waals surface area contributed by atoms with Gasteiger partial charge in [0, 0.05) is 81.7 Å². The quantitative estimate of drug-likeness (QED) is 0.265. The molecule has 0 aliphatic carbocycles. The first-order valence-corrected chi connectivity index (χ1v) is 1.95. The standard InChI is InChI=1S/3CH2O3.2Nd.H2O/c3*2-1(3)4;;;/h3*(H2,2,3,4);;;1H2. The summed E-state index contributed by atoms with van der Waals surface area (Å²) in [6.45, 7) is 0. The largest absolute Gasteiger partial charge is 0.503 e. The molecule has 0 aromatic heterocycles. The molecule has 0 amide bonds. The summed E-state index contributed by atoms with van der Waals surface area (Å²) in [6.07, 6.45) is -5.50. The van der Waals surface area contributed by atoms with E-state index in [4.69, 9.17) is 45.0 Å². The van der Waals surface area contributed by atoms with Crippen LogP contribution in [0.15, 0.2) is 0 Å². The van der Waals surface area contributed by atoms with Crippen LogP contribution in [0.1, 0.15) is 0 Å². The molecule has 0 aromatic carbocycles. The Hall–Kier alpha value is 0.471. The molecule has 0 atom stereocenters. The number of hydrogen-bond donors (Lipinski definition) is 6. The molecule has 0 unspecified atom stereocenters. The summed E-state index contributed by atoms with van der Waals surface area (Å²) in [6, 6.07) is 0. The molecule has 15 heavy (non-hydrogen) atoms. The maximum atomic E-state index is 8.56. The van der Waals surface area contributed by atoms with Crippen LogP contribution in [0.25, 0.3) is 0 Å². The second kappa shape index (κ2) is 29.3. The van der Waals surface area contributed by atoms with Crippen LogP contribution in [-0.4, -0.2) is 54.6 Å². The van der Waals surface area contributed by atoms with Crippen LogP contribution in [0.4, 0.5) is 14.4 Å². The van der Waals surface area contributed by atoms with Gasteiger partial charge in [-0.15, -0.1) is 0 Å². The fraction of sp³-hybridized carbons (Fsp3) is 0. The van der Waals surface area contributed by atoms with Gasteiger partial charge in [0.2, 0.25) is 0 Å². The SMILES string of the molecule is O.O=C(O)O.O=C(O)O.O=C(O)O.[Nd].[Nd]. The second-order valence-corrected chi connectivity index (χ2v) is 0.848. The second-order valence-electron chi connectivity index (χ2n) is 0.848. The van der Waals surface area contributed by atoms with E-state index in [1.807, 2.05) is 0 Å². The van der Waals surface area contributed by atoms with Gasteiger partial charge in [-0.1, -0.05) is 0 Å². The predicted molar refractivity (Wildman–Crippen MR) is 35.6 cm³/mol. The van der Waals surface area contributed by atoms with Crippen LogP contribution in [0, 0.1) is 81.7 Å². The van der Waals surface area contributed by atoms with Crippen molar-refractivity contribution in [3.63, 3.8) is 0 Å². The first-order chi connectivity index (χ1) is 5.20. The van der Waals surface area contributed by atoms with E-state index >= 15 is 0 Å². The summed E-state index contributed by atoms with van der Waals surface area (Å²) in [7, 11) is 0. The van der Waals surface area contributed by atoms with E-state index in [2.05, 4.69) is 0 Å². The molecule has 0 aliphatic heterocycles. The van der Waals surface area contributed by atoms with Gasteiger partial charge in [0.15, 0.2) is 0 Å². The molecular weight excluding hydrogens is 485 g/mol. The van der Waals surface area contributed by atoms with Crippen LogP contribution in [0.3, 0.4) is 0 Å². The molecule has 88 valence electrons. The fourth-order valence-electron chi connectivity index (χ4n) is 0. The predicted octanol–water partition coefficient (Wildman–Crippen LogP) is -0.157. The molecule has 0 aromatic rings. The Bertz CT molecular complexity index is 116. The van der Waals surface area contributed by atoms with Gasteiger partial charge in [0.05, 0.1) is 0 Å². The zero-order chi connectivity index (χ0) is 10.7. The first-order valence-electron chi connectivity index (χ1n) is 1.95. The summed E-state index contributed by atoms with van der Waals surface area (Å²) in [5.41, 5.74) is 0. The molecule has 0 spiro atoms. The molecule has 0 saturated heterocycles. The van der Waals surface area contributed by atoms with Gasteiger partial charge in [-0.05, 0) is 0 Å². The molecule has 12 heteroatoms. The average molecular weight is 493 g/mol. The molecule has 0 radical (unpaired) electrons. The van der Waals surface area contributed by atoms with E-state index in [-0.39, 0.29) is 87.2 Å². The van der Waals surface area contributed by atoms with Crippen molar-refractivity contribution in [2.45, 2.75) is 0 Å². The van der Waals surface area contributed by atoms with Crippen molar-refractivity contribution in [2.75, 3.05) is 0 Å². The molecule has 0 aliphatic rings. The Balaban J connectivity index is -0.0000000184. The van der Waals surface area contributed by atoms with Gasteiger partial charge >= 0.3 is 18.5 Å². The summed E-state index contributed by atoms with van der Waals surface area (Å²) < 4.78 is 0. The minimum absolute atomic E-state index is 0. The van der Waals surface area contributed by atoms with Gasteiger partial charge in [0.25, 0.3) is 0 Å². The Labute approximate surface area is 148 Å². The van der Waals surface area contributed by atoms with Crippen molar-refractivity contribution in [1.29, 1.82) is 0 Å². The third-order valence-corrected chi connectivity index (χ3v) is 0. The summed E-state index contributed by atoms with van der Waals surface area (Å²) in [5.74, 6) is 0. The Kier molecular flexibility index (Phi) is 70.5. The third kappa shape index (κ3) is 10100. The van der Waals surface area contributed by atoms with E-state index in [1.54, 1.807) is 0 Å². The van der Waals surface area contributed by atoms with Crippen molar-refractivity contribution in [2.24, 2.45) is 0 Å². The van der Waals surface area contributed by atoms with E-state index in [9.17, 15) is 0 Å². The van der Waals surface area contributed by atoms with Crippen molar-refractivity contribution in [3.05, 3.63) is 0 Å². The zero-order valence-electron chi connectivity index (χ0n) is 6.91. The normalized spacial score (nSPS) is 4.80. The summed E-state index contributed by atoms with van der Waals surface area (Å²) in [5, 5.41) is 41.8. The van der Waals surface area contributed by atoms with Crippen LogP contribution in [0.5, 0.6) is 0 Å². The first kappa shape index (κ1) is 36.1. The molecular formula is C3H8Nd2O10. The van der Waals surface area contributed by atoms with Gasteiger partial charge in [-0.2, -0.15) is 0 Å².